The van der Waals surface area contributed by atoms with Crippen molar-refractivity contribution in [3.05, 3.63) is 0 Å². The maximum atomic E-state index is 9.41. The van der Waals surface area contributed by atoms with Crippen LogP contribution in [0.4, 0.5) is 0 Å². The largest absolute Gasteiger partial charge is 0.377 e. The lowest BCUT2D eigenvalue weighted by Crippen LogP contribution is -2.43. The average molecular weight is 190 g/mol. The highest BCUT2D eigenvalue weighted by atomic mass is 16.5. The van der Waals surface area contributed by atoms with Gasteiger partial charge in [-0.3, -0.25) is 0 Å². The summed E-state index contributed by atoms with van der Waals surface area (Å²) in [5.41, 5.74) is 4.36. The summed E-state index contributed by atoms with van der Waals surface area (Å²) in [5, 5.41) is 9.41. The molecule has 0 aromatic rings. The molecule has 0 amide bonds. The Morgan fingerprint density at radius 2 is 2.08 bits per heavy atom. The van der Waals surface area contributed by atoms with Crippen molar-refractivity contribution in [3.63, 3.8) is 0 Å². The molecule has 0 radical (unpaired) electrons. The first-order valence-corrected chi connectivity index (χ1v) is 4.62. The van der Waals surface area contributed by atoms with Crippen molar-refractivity contribution in [2.75, 3.05) is 27.2 Å². The van der Waals surface area contributed by atoms with Gasteiger partial charge in [0, 0.05) is 19.6 Å². The first-order chi connectivity index (χ1) is 5.85. The number of nitrogens with zero attached hydrogens (tertiary/aromatic N) is 1. The summed E-state index contributed by atoms with van der Waals surface area (Å²) in [6.07, 6.45) is 0.457. The number of nitrogens with two attached hydrogens (primary N) is 1. The Bertz CT molecular complexity index is 132. The lowest BCUT2D eigenvalue weighted by Gasteiger charge is -2.26. The van der Waals surface area contributed by atoms with E-state index >= 15 is 0 Å². The lowest BCUT2D eigenvalue weighted by molar-refractivity contribution is -0.0311. The van der Waals surface area contributed by atoms with Crippen molar-refractivity contribution in [3.8, 4) is 0 Å². The van der Waals surface area contributed by atoms with Crippen LogP contribution in [0.5, 0.6) is 0 Å². The van der Waals surface area contributed by atoms with E-state index in [2.05, 4.69) is 0 Å². The van der Waals surface area contributed by atoms with Gasteiger partial charge in [-0.1, -0.05) is 0 Å². The van der Waals surface area contributed by atoms with Crippen molar-refractivity contribution in [1.82, 2.24) is 4.90 Å². The van der Waals surface area contributed by atoms with E-state index in [0.29, 0.717) is 13.0 Å². The topological polar surface area (TPSA) is 58.7 Å². The van der Waals surface area contributed by atoms with E-state index < -0.39 is 5.72 Å². The normalized spacial score (nSPS) is 18.7. The fraction of sp³-hybridized carbons (Fsp3) is 1.00. The highest BCUT2D eigenvalue weighted by molar-refractivity contribution is 4.72. The molecular weight excluding hydrogens is 168 g/mol. The third-order valence-electron chi connectivity index (χ3n) is 1.61. The van der Waals surface area contributed by atoms with Gasteiger partial charge in [0.1, 0.15) is 5.72 Å². The molecule has 3 N–H and O–H groups in total. The van der Waals surface area contributed by atoms with Gasteiger partial charge < -0.3 is 20.5 Å². The second-order valence-corrected chi connectivity index (χ2v) is 3.90. The molecule has 0 fully saturated rings. The molecule has 0 saturated carbocycles. The molecule has 0 aliphatic carbocycles. The third kappa shape index (κ3) is 8.18. The Balaban J connectivity index is 3.94. The van der Waals surface area contributed by atoms with Crippen molar-refractivity contribution >= 4 is 0 Å². The minimum atomic E-state index is -1.14. The van der Waals surface area contributed by atoms with Crippen LogP contribution in [0.2, 0.25) is 0 Å². The fourth-order valence-electron chi connectivity index (χ4n) is 1.28. The molecule has 4 heteroatoms. The second kappa shape index (κ2) is 5.54. The molecule has 0 aliphatic rings. The quantitative estimate of drug-likeness (QED) is 0.579. The van der Waals surface area contributed by atoms with Gasteiger partial charge in [-0.05, 0) is 27.9 Å². The maximum absolute atomic E-state index is 9.41. The van der Waals surface area contributed by atoms with Gasteiger partial charge in [0.25, 0.3) is 0 Å². The second-order valence-electron chi connectivity index (χ2n) is 3.90. The Kier molecular flexibility index (Phi) is 5.48. The number of hydrogen-bond donors (Lipinski definition) is 2. The molecule has 0 aromatic carbocycles. The zero-order valence-electron chi connectivity index (χ0n) is 9.08. The lowest BCUT2D eigenvalue weighted by atomic mass is 10.1. The zero-order chi connectivity index (χ0) is 10.5. The van der Waals surface area contributed by atoms with Gasteiger partial charge >= 0.3 is 0 Å². The Hall–Kier alpha value is -0.160. The molecule has 2 unspecified atom stereocenters. The molecule has 0 bridgehead atoms. The molecule has 13 heavy (non-hydrogen) atoms. The molecule has 0 saturated heterocycles. The maximum Gasteiger partial charge on any atom is 0.113 e. The monoisotopic (exact) mass is 190 g/mol. The molecule has 0 aromatic heterocycles. The molecule has 0 aliphatic heterocycles. The van der Waals surface area contributed by atoms with Gasteiger partial charge in [0.15, 0.2) is 0 Å². The van der Waals surface area contributed by atoms with Crippen LogP contribution in [0.3, 0.4) is 0 Å². The van der Waals surface area contributed by atoms with Crippen LogP contribution < -0.4 is 5.73 Å². The van der Waals surface area contributed by atoms with Gasteiger partial charge in [0.05, 0.1) is 6.10 Å². The van der Waals surface area contributed by atoms with Crippen LogP contribution in [0.1, 0.15) is 20.3 Å². The van der Waals surface area contributed by atoms with Gasteiger partial charge in [0.2, 0.25) is 0 Å². The van der Waals surface area contributed by atoms with E-state index in [-0.39, 0.29) is 6.10 Å². The SMILES string of the molecule is CCOC(CN(C)C)CC(C)(N)O. The summed E-state index contributed by atoms with van der Waals surface area (Å²) in [6.45, 7) is 4.96. The van der Waals surface area contributed by atoms with Crippen LogP contribution in [0.15, 0.2) is 0 Å². The van der Waals surface area contributed by atoms with Crippen molar-refractivity contribution in [2.45, 2.75) is 32.1 Å². The molecule has 0 rings (SSSR count). The van der Waals surface area contributed by atoms with E-state index in [9.17, 15) is 5.11 Å². The number of rotatable bonds is 6. The molecule has 4 nitrogen and oxygen atoms in total. The van der Waals surface area contributed by atoms with E-state index in [1.807, 2.05) is 25.9 Å². The summed E-state index contributed by atoms with van der Waals surface area (Å²) in [5.74, 6) is 0. The number of ether oxygens (including phenoxy) is 1. The first-order valence-electron chi connectivity index (χ1n) is 4.62. The molecule has 0 heterocycles. The predicted molar refractivity (Wildman–Crippen MR) is 53.4 cm³/mol. The molecule has 0 spiro atoms. The smallest absolute Gasteiger partial charge is 0.113 e. The first kappa shape index (κ1) is 12.8. The van der Waals surface area contributed by atoms with E-state index in [1.165, 1.54) is 0 Å². The number of aliphatic hydroxyl groups is 1. The highest BCUT2D eigenvalue weighted by Gasteiger charge is 2.21. The van der Waals surface area contributed by atoms with Gasteiger partial charge in [-0.15, -0.1) is 0 Å². The molecule has 2 atom stereocenters. The van der Waals surface area contributed by atoms with E-state index in [0.717, 1.165) is 6.54 Å². The summed E-state index contributed by atoms with van der Waals surface area (Å²) in [4.78, 5) is 2.02. The van der Waals surface area contributed by atoms with Crippen molar-refractivity contribution < 1.29 is 9.84 Å². The number of hydrogen-bond acceptors (Lipinski definition) is 4. The zero-order valence-corrected chi connectivity index (χ0v) is 9.08. The minimum Gasteiger partial charge on any atom is -0.377 e. The van der Waals surface area contributed by atoms with Crippen LogP contribution in [-0.2, 0) is 4.74 Å². The van der Waals surface area contributed by atoms with Gasteiger partial charge in [-0.25, -0.2) is 0 Å². The molecule has 80 valence electrons. The summed E-state index contributed by atoms with van der Waals surface area (Å²) >= 11 is 0. The third-order valence-corrected chi connectivity index (χ3v) is 1.61. The number of likely N-dealkylation sites (N-methyl/N-ethyl adjacent to an activating group) is 1. The highest BCUT2D eigenvalue weighted by Crippen LogP contribution is 2.09. The summed E-state index contributed by atoms with van der Waals surface area (Å²) < 4.78 is 5.45. The summed E-state index contributed by atoms with van der Waals surface area (Å²) in [6, 6.07) is 0. The van der Waals surface area contributed by atoms with Gasteiger partial charge in [-0.2, -0.15) is 0 Å². The average Bonchev–Trinajstić information content (AvgIpc) is 1.81. The molecular formula is C9H22N2O2. The van der Waals surface area contributed by atoms with Crippen LogP contribution >= 0.6 is 0 Å². The predicted octanol–water partition coefficient (Wildman–Crippen LogP) is 0.0104. The fourth-order valence-corrected chi connectivity index (χ4v) is 1.28. The van der Waals surface area contributed by atoms with Crippen molar-refractivity contribution in [2.24, 2.45) is 5.73 Å². The van der Waals surface area contributed by atoms with Crippen LogP contribution in [-0.4, -0.2) is 49.1 Å². The van der Waals surface area contributed by atoms with E-state index in [1.54, 1.807) is 6.92 Å². The van der Waals surface area contributed by atoms with Crippen molar-refractivity contribution in [1.29, 1.82) is 0 Å². The Morgan fingerprint density at radius 3 is 2.38 bits per heavy atom. The van der Waals surface area contributed by atoms with Crippen LogP contribution in [0, 0.1) is 0 Å². The van der Waals surface area contributed by atoms with E-state index in [4.69, 9.17) is 10.5 Å². The minimum absolute atomic E-state index is 0. The Morgan fingerprint density at radius 1 is 1.54 bits per heavy atom. The standard InChI is InChI=1S/C9H22N2O2/c1-5-13-8(7-11(3)4)6-9(2,10)12/h8,12H,5-7,10H2,1-4H3. The van der Waals surface area contributed by atoms with Crippen LogP contribution in [0.25, 0.3) is 0 Å². The Labute approximate surface area is 80.7 Å². The summed E-state index contributed by atoms with van der Waals surface area (Å²) in [7, 11) is 3.94.